The summed E-state index contributed by atoms with van der Waals surface area (Å²) in [7, 11) is 0. The fraction of sp³-hybridized carbons (Fsp3) is 0.385. The molecule has 7 nitrogen and oxygen atoms in total. The molecule has 0 amide bonds. The Kier molecular flexibility index (Phi) is 8.89. The molecular formula is C26H32N2O5. The van der Waals surface area contributed by atoms with Gasteiger partial charge in [0.25, 0.3) is 0 Å². The standard InChI is InChI=1S/C26H32N2O5/c1-2-13-31-23-8-10-24(11-9-23)33-26(30)20-6-3-18(4-7-20)5-12-25(29)32-17-19-14-21(27)16-22(28)15-19/h3-7,12,14-16,23-24H,2,8-11,13,17,27-28H2,1H3. The predicted molar refractivity (Wildman–Crippen MR) is 128 cm³/mol. The molecule has 1 saturated carbocycles. The Morgan fingerprint density at radius 2 is 1.61 bits per heavy atom. The Balaban J connectivity index is 1.44. The third kappa shape index (κ3) is 7.95. The quantitative estimate of drug-likeness (QED) is 0.327. The largest absolute Gasteiger partial charge is 0.459 e. The summed E-state index contributed by atoms with van der Waals surface area (Å²) in [4.78, 5) is 24.4. The van der Waals surface area contributed by atoms with Gasteiger partial charge in [0.1, 0.15) is 12.7 Å². The molecule has 7 heteroatoms. The first-order valence-corrected chi connectivity index (χ1v) is 11.4. The van der Waals surface area contributed by atoms with Gasteiger partial charge in [-0.3, -0.25) is 0 Å². The van der Waals surface area contributed by atoms with Crippen LogP contribution in [0, 0.1) is 0 Å². The monoisotopic (exact) mass is 452 g/mol. The summed E-state index contributed by atoms with van der Waals surface area (Å²) < 4.78 is 16.7. The lowest BCUT2D eigenvalue weighted by Gasteiger charge is -2.28. The van der Waals surface area contributed by atoms with E-state index >= 15 is 0 Å². The Morgan fingerprint density at radius 1 is 0.970 bits per heavy atom. The first-order valence-electron chi connectivity index (χ1n) is 11.4. The lowest BCUT2D eigenvalue weighted by molar-refractivity contribution is -0.138. The first-order chi connectivity index (χ1) is 15.9. The highest BCUT2D eigenvalue weighted by Gasteiger charge is 2.24. The number of hydrogen-bond acceptors (Lipinski definition) is 7. The molecule has 0 heterocycles. The van der Waals surface area contributed by atoms with Crippen molar-refractivity contribution in [2.75, 3.05) is 18.1 Å². The summed E-state index contributed by atoms with van der Waals surface area (Å²) in [5.41, 5.74) is 14.5. The highest BCUT2D eigenvalue weighted by atomic mass is 16.5. The van der Waals surface area contributed by atoms with Crippen molar-refractivity contribution in [3.63, 3.8) is 0 Å². The lowest BCUT2D eigenvalue weighted by Crippen LogP contribution is -2.28. The number of esters is 2. The van der Waals surface area contributed by atoms with Crippen molar-refractivity contribution >= 4 is 29.4 Å². The van der Waals surface area contributed by atoms with Crippen LogP contribution in [0.2, 0.25) is 0 Å². The molecule has 0 spiro atoms. The van der Waals surface area contributed by atoms with E-state index in [-0.39, 0.29) is 24.8 Å². The lowest BCUT2D eigenvalue weighted by atomic mass is 9.95. The van der Waals surface area contributed by atoms with Crippen LogP contribution in [0.15, 0.2) is 48.5 Å². The van der Waals surface area contributed by atoms with Crippen LogP contribution in [-0.2, 0) is 25.6 Å². The van der Waals surface area contributed by atoms with Gasteiger partial charge in [-0.05, 0) is 79.6 Å². The van der Waals surface area contributed by atoms with Crippen LogP contribution in [-0.4, -0.2) is 30.8 Å². The average Bonchev–Trinajstić information content (AvgIpc) is 2.80. The van der Waals surface area contributed by atoms with Gasteiger partial charge in [-0.25, -0.2) is 9.59 Å². The molecule has 176 valence electrons. The number of carbonyl (C=O) groups is 2. The number of anilines is 2. The molecule has 33 heavy (non-hydrogen) atoms. The van der Waals surface area contributed by atoms with E-state index in [0.29, 0.717) is 16.9 Å². The summed E-state index contributed by atoms with van der Waals surface area (Å²) in [5, 5.41) is 0. The summed E-state index contributed by atoms with van der Waals surface area (Å²) in [6.07, 6.45) is 7.68. The minimum Gasteiger partial charge on any atom is -0.459 e. The second kappa shape index (κ2) is 12.1. The van der Waals surface area contributed by atoms with Crippen LogP contribution in [0.5, 0.6) is 0 Å². The fourth-order valence-electron chi connectivity index (χ4n) is 3.75. The van der Waals surface area contributed by atoms with Crippen LogP contribution in [0.3, 0.4) is 0 Å². The van der Waals surface area contributed by atoms with E-state index in [1.807, 2.05) is 0 Å². The van der Waals surface area contributed by atoms with Gasteiger partial charge < -0.3 is 25.7 Å². The van der Waals surface area contributed by atoms with Crippen LogP contribution in [0.25, 0.3) is 6.08 Å². The van der Waals surface area contributed by atoms with Gasteiger partial charge in [0.2, 0.25) is 0 Å². The molecule has 0 saturated heterocycles. The van der Waals surface area contributed by atoms with E-state index in [0.717, 1.165) is 49.8 Å². The zero-order valence-electron chi connectivity index (χ0n) is 19.0. The van der Waals surface area contributed by atoms with Crippen LogP contribution in [0.4, 0.5) is 11.4 Å². The van der Waals surface area contributed by atoms with Crippen molar-refractivity contribution in [3.05, 3.63) is 65.2 Å². The molecule has 0 radical (unpaired) electrons. The molecule has 0 aromatic heterocycles. The normalized spacial score (nSPS) is 18.2. The molecule has 1 aliphatic rings. The number of hydrogen-bond donors (Lipinski definition) is 2. The fourth-order valence-corrected chi connectivity index (χ4v) is 3.75. The summed E-state index contributed by atoms with van der Waals surface area (Å²) in [5.74, 6) is -0.817. The van der Waals surface area contributed by atoms with Crippen molar-refractivity contribution in [1.29, 1.82) is 0 Å². The Labute approximate surface area is 194 Å². The molecule has 2 aromatic carbocycles. The minimum atomic E-state index is -0.488. The van der Waals surface area contributed by atoms with E-state index in [4.69, 9.17) is 25.7 Å². The van der Waals surface area contributed by atoms with Crippen LogP contribution < -0.4 is 11.5 Å². The molecule has 0 aliphatic heterocycles. The molecule has 0 unspecified atom stereocenters. The van der Waals surface area contributed by atoms with E-state index in [2.05, 4.69) is 6.92 Å². The third-order valence-electron chi connectivity index (χ3n) is 5.43. The van der Waals surface area contributed by atoms with Crippen molar-refractivity contribution in [2.24, 2.45) is 0 Å². The number of rotatable bonds is 9. The van der Waals surface area contributed by atoms with Gasteiger partial charge in [0.15, 0.2) is 0 Å². The second-order valence-corrected chi connectivity index (χ2v) is 8.25. The number of nitrogens with two attached hydrogens (primary N) is 2. The maximum Gasteiger partial charge on any atom is 0.338 e. The highest BCUT2D eigenvalue weighted by molar-refractivity contribution is 5.90. The van der Waals surface area contributed by atoms with E-state index < -0.39 is 5.97 Å². The van der Waals surface area contributed by atoms with Gasteiger partial charge in [0, 0.05) is 24.1 Å². The summed E-state index contributed by atoms with van der Waals surface area (Å²) in [6, 6.07) is 12.0. The minimum absolute atomic E-state index is 0.0661. The van der Waals surface area contributed by atoms with Crippen molar-refractivity contribution in [2.45, 2.75) is 57.8 Å². The molecule has 4 N–H and O–H groups in total. The topological polar surface area (TPSA) is 114 Å². The van der Waals surface area contributed by atoms with Gasteiger partial charge in [0.05, 0.1) is 11.7 Å². The number of benzene rings is 2. The molecular weight excluding hydrogens is 420 g/mol. The van der Waals surface area contributed by atoms with Gasteiger partial charge >= 0.3 is 11.9 Å². The van der Waals surface area contributed by atoms with Crippen LogP contribution >= 0.6 is 0 Å². The predicted octanol–water partition coefficient (Wildman–Crippen LogP) is 4.50. The SMILES string of the molecule is CCCOC1CCC(OC(=O)c2ccc(C=CC(=O)OCc3cc(N)cc(N)c3)cc2)CC1. The van der Waals surface area contributed by atoms with E-state index in [1.54, 1.807) is 48.5 Å². The van der Waals surface area contributed by atoms with Crippen molar-refractivity contribution in [3.8, 4) is 0 Å². The molecule has 1 aliphatic carbocycles. The smallest absolute Gasteiger partial charge is 0.338 e. The Morgan fingerprint density at radius 3 is 2.24 bits per heavy atom. The highest BCUT2D eigenvalue weighted by Crippen LogP contribution is 2.24. The molecule has 0 bridgehead atoms. The van der Waals surface area contributed by atoms with E-state index in [9.17, 15) is 9.59 Å². The summed E-state index contributed by atoms with van der Waals surface area (Å²) >= 11 is 0. The molecule has 2 aromatic rings. The zero-order valence-corrected chi connectivity index (χ0v) is 19.0. The zero-order chi connectivity index (χ0) is 23.6. The average molecular weight is 453 g/mol. The molecule has 1 fully saturated rings. The number of nitrogen functional groups attached to an aromatic ring is 2. The van der Waals surface area contributed by atoms with E-state index in [1.165, 1.54) is 6.08 Å². The molecule has 0 atom stereocenters. The van der Waals surface area contributed by atoms with Gasteiger partial charge in [-0.2, -0.15) is 0 Å². The van der Waals surface area contributed by atoms with Gasteiger partial charge in [-0.1, -0.05) is 19.1 Å². The van der Waals surface area contributed by atoms with Gasteiger partial charge in [-0.15, -0.1) is 0 Å². The number of ether oxygens (including phenoxy) is 3. The Bertz CT molecular complexity index is 943. The second-order valence-electron chi connectivity index (χ2n) is 8.25. The summed E-state index contributed by atoms with van der Waals surface area (Å²) in [6.45, 7) is 2.96. The number of carbonyl (C=O) groups excluding carboxylic acids is 2. The Hall–Kier alpha value is -3.32. The maximum absolute atomic E-state index is 12.4. The van der Waals surface area contributed by atoms with Crippen molar-refractivity contribution in [1.82, 2.24) is 0 Å². The molecule has 3 rings (SSSR count). The first kappa shape index (κ1) is 24.3. The maximum atomic E-state index is 12.4. The third-order valence-corrected chi connectivity index (χ3v) is 5.43. The van der Waals surface area contributed by atoms with Crippen LogP contribution in [0.1, 0.15) is 60.5 Å². The van der Waals surface area contributed by atoms with Crippen molar-refractivity contribution < 1.29 is 23.8 Å².